The number of hydrogen-bond acceptors (Lipinski definition) is 3. The number of carbonyl (C=O) groups is 2. The third kappa shape index (κ3) is 4.61. The number of amides is 3. The number of nitrogens with two attached hydrogens (primary N) is 1. The average Bonchev–Trinajstić information content (AvgIpc) is 2.48. The van der Waals surface area contributed by atoms with E-state index >= 15 is 0 Å². The predicted octanol–water partition coefficient (Wildman–Crippen LogP) is 1.41. The van der Waals surface area contributed by atoms with Gasteiger partial charge in [0, 0.05) is 16.8 Å². The first-order valence-electron chi connectivity index (χ1n) is 6.88. The fourth-order valence-electron chi connectivity index (χ4n) is 2.38. The molecule has 1 aliphatic rings. The lowest BCUT2D eigenvalue weighted by Gasteiger charge is -2.33. The summed E-state index contributed by atoms with van der Waals surface area (Å²) >= 11 is 5.81. The molecule has 114 valence electrons. The predicted molar refractivity (Wildman–Crippen MR) is 82.3 cm³/mol. The van der Waals surface area contributed by atoms with Gasteiger partial charge >= 0.3 is 6.03 Å². The Balaban J connectivity index is 2.05. The molecule has 0 saturated carbocycles. The van der Waals surface area contributed by atoms with E-state index < -0.39 is 5.91 Å². The summed E-state index contributed by atoms with van der Waals surface area (Å²) in [4.78, 5) is 25.1. The summed E-state index contributed by atoms with van der Waals surface area (Å²) in [6.07, 6.45) is 1.61. The fourth-order valence-corrected chi connectivity index (χ4v) is 2.51. The largest absolute Gasteiger partial charge is 0.368 e. The molecule has 3 amide bonds. The summed E-state index contributed by atoms with van der Waals surface area (Å²) in [7, 11) is 0. The van der Waals surface area contributed by atoms with Crippen molar-refractivity contribution in [1.29, 1.82) is 0 Å². The second kappa shape index (κ2) is 7.28. The molecule has 1 aromatic rings. The number of halogens is 1. The third-order valence-corrected chi connectivity index (χ3v) is 3.68. The fraction of sp³-hybridized carbons (Fsp3) is 0.429. The summed E-state index contributed by atoms with van der Waals surface area (Å²) in [6, 6.07) is 6.52. The zero-order chi connectivity index (χ0) is 15.2. The van der Waals surface area contributed by atoms with Gasteiger partial charge in [-0.3, -0.25) is 4.79 Å². The molecule has 1 saturated heterocycles. The van der Waals surface area contributed by atoms with Gasteiger partial charge in [0.15, 0.2) is 0 Å². The van der Waals surface area contributed by atoms with Crippen molar-refractivity contribution in [2.24, 2.45) is 5.73 Å². The van der Waals surface area contributed by atoms with Gasteiger partial charge in [-0.05, 0) is 50.2 Å². The smallest absolute Gasteiger partial charge is 0.322 e. The molecule has 1 aromatic carbocycles. The zero-order valence-electron chi connectivity index (χ0n) is 11.6. The minimum absolute atomic E-state index is 0.0195. The molecule has 0 radical (unpaired) electrons. The summed E-state index contributed by atoms with van der Waals surface area (Å²) in [6.45, 7) is 1.58. The molecule has 1 aliphatic heterocycles. The molecule has 21 heavy (non-hydrogen) atoms. The van der Waals surface area contributed by atoms with Crippen LogP contribution in [0.1, 0.15) is 12.8 Å². The van der Waals surface area contributed by atoms with E-state index in [9.17, 15) is 9.59 Å². The lowest BCUT2D eigenvalue weighted by atomic mass is 10.1. The Bertz CT molecular complexity index is 500. The van der Waals surface area contributed by atoms with Crippen molar-refractivity contribution in [3.8, 4) is 0 Å². The van der Waals surface area contributed by atoms with Crippen LogP contribution in [0.25, 0.3) is 0 Å². The quantitative estimate of drug-likeness (QED) is 0.786. The molecule has 1 fully saturated rings. The summed E-state index contributed by atoms with van der Waals surface area (Å²) < 4.78 is 0. The number of piperidine rings is 1. The summed E-state index contributed by atoms with van der Waals surface area (Å²) in [5.74, 6) is -0.514. The number of nitrogens with one attached hydrogen (secondary N) is 2. The number of primary amides is 1. The van der Waals surface area contributed by atoms with Gasteiger partial charge in [-0.25, -0.2) is 4.79 Å². The van der Waals surface area contributed by atoms with Crippen molar-refractivity contribution in [3.05, 3.63) is 29.3 Å². The summed E-state index contributed by atoms with van der Waals surface area (Å²) in [5, 5.41) is 6.60. The van der Waals surface area contributed by atoms with Crippen molar-refractivity contribution in [2.45, 2.75) is 18.9 Å². The second-order valence-corrected chi connectivity index (χ2v) is 5.45. The second-order valence-electron chi connectivity index (χ2n) is 5.01. The van der Waals surface area contributed by atoms with Gasteiger partial charge in [0.2, 0.25) is 5.91 Å². The van der Waals surface area contributed by atoms with E-state index in [0.717, 1.165) is 25.9 Å². The minimum Gasteiger partial charge on any atom is -0.368 e. The lowest BCUT2D eigenvalue weighted by molar-refractivity contribution is -0.119. The molecule has 0 atom stereocenters. The number of urea groups is 1. The van der Waals surface area contributed by atoms with E-state index in [2.05, 4.69) is 10.6 Å². The van der Waals surface area contributed by atoms with E-state index in [0.29, 0.717) is 10.7 Å². The van der Waals surface area contributed by atoms with Crippen LogP contribution in [0.15, 0.2) is 24.3 Å². The molecule has 0 unspecified atom stereocenters. The van der Waals surface area contributed by atoms with Gasteiger partial charge in [-0.2, -0.15) is 0 Å². The van der Waals surface area contributed by atoms with E-state index in [4.69, 9.17) is 17.3 Å². The first-order chi connectivity index (χ1) is 10.1. The van der Waals surface area contributed by atoms with Crippen LogP contribution in [0.2, 0.25) is 5.02 Å². The van der Waals surface area contributed by atoms with Crippen molar-refractivity contribution in [3.63, 3.8) is 0 Å². The van der Waals surface area contributed by atoms with Crippen LogP contribution in [-0.4, -0.2) is 42.5 Å². The maximum absolute atomic E-state index is 12.4. The highest BCUT2D eigenvalue weighted by Gasteiger charge is 2.26. The van der Waals surface area contributed by atoms with Crippen molar-refractivity contribution >= 4 is 29.2 Å². The van der Waals surface area contributed by atoms with Crippen molar-refractivity contribution in [1.82, 2.24) is 10.2 Å². The highest BCUT2D eigenvalue weighted by atomic mass is 35.5. The van der Waals surface area contributed by atoms with Gasteiger partial charge < -0.3 is 21.3 Å². The normalized spacial score (nSPS) is 15.5. The van der Waals surface area contributed by atoms with Crippen LogP contribution < -0.4 is 16.4 Å². The first kappa shape index (κ1) is 15.6. The molecule has 0 spiro atoms. The maximum atomic E-state index is 12.4. The van der Waals surface area contributed by atoms with Gasteiger partial charge in [0.1, 0.15) is 6.54 Å². The van der Waals surface area contributed by atoms with Crippen LogP contribution in [0.3, 0.4) is 0 Å². The van der Waals surface area contributed by atoms with Gasteiger partial charge in [-0.1, -0.05) is 11.6 Å². The Kier molecular flexibility index (Phi) is 5.41. The number of benzene rings is 1. The molecule has 7 heteroatoms. The Morgan fingerprint density at radius 3 is 2.48 bits per heavy atom. The molecule has 0 bridgehead atoms. The van der Waals surface area contributed by atoms with Crippen LogP contribution >= 0.6 is 11.6 Å². The van der Waals surface area contributed by atoms with Crippen LogP contribution in [0.5, 0.6) is 0 Å². The van der Waals surface area contributed by atoms with E-state index in [1.165, 1.54) is 4.90 Å². The number of anilines is 1. The first-order valence-corrected chi connectivity index (χ1v) is 7.26. The lowest BCUT2D eigenvalue weighted by Crippen LogP contribution is -2.50. The molecular formula is C14H19ClN4O2. The van der Waals surface area contributed by atoms with Crippen LogP contribution in [0.4, 0.5) is 10.5 Å². The average molecular weight is 311 g/mol. The number of rotatable bonds is 4. The Morgan fingerprint density at radius 2 is 1.90 bits per heavy atom. The van der Waals surface area contributed by atoms with Gasteiger partial charge in [0.25, 0.3) is 0 Å². The molecule has 2 rings (SSSR count). The number of carbonyl (C=O) groups excluding carboxylic acids is 2. The Labute approximate surface area is 128 Å². The molecule has 0 aromatic heterocycles. The monoisotopic (exact) mass is 310 g/mol. The summed E-state index contributed by atoms with van der Waals surface area (Å²) in [5.41, 5.74) is 5.89. The standard InChI is InChI=1S/C14H19ClN4O2/c15-10-1-3-11(4-2-10)18-14(21)19(9-13(16)20)12-5-7-17-8-6-12/h1-4,12,17H,5-9H2,(H2,16,20)(H,18,21). The highest BCUT2D eigenvalue weighted by Crippen LogP contribution is 2.16. The molecule has 6 nitrogen and oxygen atoms in total. The van der Waals surface area contributed by atoms with Gasteiger partial charge in [-0.15, -0.1) is 0 Å². The highest BCUT2D eigenvalue weighted by molar-refractivity contribution is 6.30. The Hall–Kier alpha value is -1.79. The number of nitrogens with zero attached hydrogens (tertiary/aromatic N) is 1. The molecule has 4 N–H and O–H groups in total. The van der Waals surface area contributed by atoms with E-state index in [-0.39, 0.29) is 18.6 Å². The minimum atomic E-state index is -0.514. The van der Waals surface area contributed by atoms with Crippen molar-refractivity contribution < 1.29 is 9.59 Å². The van der Waals surface area contributed by atoms with Crippen LogP contribution in [-0.2, 0) is 4.79 Å². The molecular weight excluding hydrogens is 292 g/mol. The third-order valence-electron chi connectivity index (χ3n) is 3.43. The molecule has 1 heterocycles. The maximum Gasteiger partial charge on any atom is 0.322 e. The number of hydrogen-bond donors (Lipinski definition) is 3. The van der Waals surface area contributed by atoms with Gasteiger partial charge in [0.05, 0.1) is 0 Å². The Morgan fingerprint density at radius 1 is 1.29 bits per heavy atom. The van der Waals surface area contributed by atoms with Crippen molar-refractivity contribution in [2.75, 3.05) is 25.0 Å². The van der Waals surface area contributed by atoms with E-state index in [1.54, 1.807) is 24.3 Å². The molecule has 0 aliphatic carbocycles. The zero-order valence-corrected chi connectivity index (χ0v) is 12.4. The topological polar surface area (TPSA) is 87.5 Å². The van der Waals surface area contributed by atoms with Crippen LogP contribution in [0, 0.1) is 0 Å². The SMILES string of the molecule is NC(=O)CN(C(=O)Nc1ccc(Cl)cc1)C1CCNCC1. The van der Waals surface area contributed by atoms with E-state index in [1.807, 2.05) is 0 Å².